The Balaban J connectivity index is 0.00000110. The van der Waals surface area contributed by atoms with Crippen molar-refractivity contribution in [3.05, 3.63) is 66.2 Å². The summed E-state index contributed by atoms with van der Waals surface area (Å²) in [5, 5.41) is 3.63. The van der Waals surface area contributed by atoms with Crippen LogP contribution in [0.25, 0.3) is 0 Å². The predicted molar refractivity (Wildman–Crippen MR) is 95.1 cm³/mol. The van der Waals surface area contributed by atoms with Gasteiger partial charge in [-0.15, -0.1) is 24.8 Å². The smallest absolute Gasteiger partial charge is 0.0367 e. The third-order valence-corrected chi connectivity index (χ3v) is 3.70. The van der Waals surface area contributed by atoms with Crippen molar-refractivity contribution in [2.75, 3.05) is 24.5 Å². The highest BCUT2D eigenvalue weighted by Gasteiger charge is 2.19. The zero-order valence-electron chi connectivity index (χ0n) is 11.9. The maximum atomic E-state index is 3.63. The molecule has 3 rings (SSSR count). The first-order chi connectivity index (χ1) is 9.42. The van der Waals surface area contributed by atoms with Crippen molar-refractivity contribution in [1.82, 2.24) is 5.32 Å². The van der Waals surface area contributed by atoms with E-state index in [1.54, 1.807) is 0 Å². The Bertz CT molecular complexity index is 505. The Morgan fingerprint density at radius 3 is 2.19 bits per heavy atom. The first kappa shape index (κ1) is 17.8. The molecule has 1 unspecified atom stereocenters. The molecule has 0 aromatic heterocycles. The van der Waals surface area contributed by atoms with Gasteiger partial charge in [0, 0.05) is 31.4 Å². The van der Waals surface area contributed by atoms with E-state index in [9.17, 15) is 0 Å². The number of halogens is 2. The molecule has 0 aliphatic carbocycles. The van der Waals surface area contributed by atoms with Crippen LogP contribution in [0.3, 0.4) is 0 Å². The van der Waals surface area contributed by atoms with E-state index < -0.39 is 0 Å². The maximum Gasteiger partial charge on any atom is 0.0367 e. The van der Waals surface area contributed by atoms with E-state index in [1.165, 1.54) is 11.3 Å². The van der Waals surface area contributed by atoms with E-state index >= 15 is 0 Å². The summed E-state index contributed by atoms with van der Waals surface area (Å²) in [5.41, 5.74) is 2.75. The van der Waals surface area contributed by atoms with Crippen molar-refractivity contribution in [3.8, 4) is 0 Å². The Kier molecular flexibility index (Phi) is 7.58. The molecule has 0 spiro atoms. The van der Waals surface area contributed by atoms with Gasteiger partial charge < -0.3 is 10.2 Å². The quantitative estimate of drug-likeness (QED) is 0.928. The Morgan fingerprint density at radius 1 is 0.905 bits per heavy atom. The lowest BCUT2D eigenvalue weighted by molar-refractivity contribution is 0.455. The van der Waals surface area contributed by atoms with Gasteiger partial charge in [-0.05, 0) is 24.1 Å². The molecule has 0 bridgehead atoms. The number of nitrogens with one attached hydrogen (secondary N) is 1. The predicted octanol–water partition coefficient (Wildman–Crippen LogP) is 3.55. The minimum Gasteiger partial charge on any atom is -0.369 e. The summed E-state index contributed by atoms with van der Waals surface area (Å²) in [5.74, 6) is 0. The fraction of sp³-hybridized carbons (Fsp3) is 0.294. The monoisotopic (exact) mass is 324 g/mol. The van der Waals surface area contributed by atoms with E-state index in [1.807, 2.05) is 0 Å². The summed E-state index contributed by atoms with van der Waals surface area (Å²) in [4.78, 5) is 2.48. The van der Waals surface area contributed by atoms with Crippen molar-refractivity contribution >= 4 is 30.5 Å². The normalized spacial score (nSPS) is 17.5. The van der Waals surface area contributed by atoms with Crippen LogP contribution in [0.4, 0.5) is 5.69 Å². The fourth-order valence-electron chi connectivity index (χ4n) is 2.73. The molecule has 1 heterocycles. The molecule has 1 N–H and O–H groups in total. The van der Waals surface area contributed by atoms with Crippen LogP contribution in [0.15, 0.2) is 60.7 Å². The minimum absolute atomic E-state index is 0. The van der Waals surface area contributed by atoms with E-state index in [-0.39, 0.29) is 24.8 Å². The SMILES string of the molecule is Cl.Cl.c1ccc(CC2CN(c3ccccc3)CCN2)cc1. The molecule has 21 heavy (non-hydrogen) atoms. The molecule has 2 nitrogen and oxygen atoms in total. The van der Waals surface area contributed by atoms with Crippen LogP contribution in [0.5, 0.6) is 0 Å². The number of rotatable bonds is 3. The highest BCUT2D eigenvalue weighted by Crippen LogP contribution is 2.16. The summed E-state index contributed by atoms with van der Waals surface area (Å²) in [6.45, 7) is 3.24. The van der Waals surface area contributed by atoms with Gasteiger partial charge in [-0.25, -0.2) is 0 Å². The summed E-state index contributed by atoms with van der Waals surface area (Å²) < 4.78 is 0. The number of hydrogen-bond donors (Lipinski definition) is 1. The Hall–Kier alpha value is -1.22. The van der Waals surface area contributed by atoms with Gasteiger partial charge in [0.1, 0.15) is 0 Å². The average molecular weight is 325 g/mol. The van der Waals surface area contributed by atoms with Crippen LogP contribution in [0.2, 0.25) is 0 Å². The molecule has 0 saturated carbocycles. The number of para-hydroxylation sites is 1. The molecular formula is C17H22Cl2N2. The number of nitrogens with zero attached hydrogens (tertiary/aromatic N) is 1. The number of anilines is 1. The fourth-order valence-corrected chi connectivity index (χ4v) is 2.73. The van der Waals surface area contributed by atoms with Gasteiger partial charge in [-0.2, -0.15) is 0 Å². The highest BCUT2D eigenvalue weighted by molar-refractivity contribution is 5.85. The van der Waals surface area contributed by atoms with Crippen molar-refractivity contribution in [2.24, 2.45) is 0 Å². The lowest BCUT2D eigenvalue weighted by atomic mass is 10.0. The van der Waals surface area contributed by atoms with E-state index in [0.717, 1.165) is 26.1 Å². The molecule has 2 aromatic carbocycles. The van der Waals surface area contributed by atoms with Crippen molar-refractivity contribution in [1.29, 1.82) is 0 Å². The van der Waals surface area contributed by atoms with Crippen LogP contribution in [-0.2, 0) is 6.42 Å². The number of hydrogen-bond acceptors (Lipinski definition) is 2. The van der Waals surface area contributed by atoms with E-state index in [2.05, 4.69) is 70.9 Å². The third-order valence-electron chi connectivity index (χ3n) is 3.70. The van der Waals surface area contributed by atoms with Crippen LogP contribution in [-0.4, -0.2) is 25.7 Å². The highest BCUT2D eigenvalue weighted by atomic mass is 35.5. The first-order valence-corrected chi connectivity index (χ1v) is 6.99. The minimum atomic E-state index is 0. The molecular weight excluding hydrogens is 303 g/mol. The van der Waals surface area contributed by atoms with Gasteiger partial charge in [0.05, 0.1) is 0 Å². The molecule has 2 aromatic rings. The Labute approximate surface area is 139 Å². The lowest BCUT2D eigenvalue weighted by Gasteiger charge is -2.35. The molecule has 4 heteroatoms. The van der Waals surface area contributed by atoms with Crippen LogP contribution in [0, 0.1) is 0 Å². The van der Waals surface area contributed by atoms with Crippen LogP contribution >= 0.6 is 24.8 Å². The second kappa shape index (κ2) is 8.93. The standard InChI is InChI=1S/C17H20N2.2ClH/c1-3-7-15(8-4-1)13-16-14-19(12-11-18-16)17-9-5-2-6-10-17;;/h1-10,16,18H,11-14H2;2*1H. The van der Waals surface area contributed by atoms with Gasteiger partial charge in [0.15, 0.2) is 0 Å². The molecule has 1 fully saturated rings. The zero-order valence-corrected chi connectivity index (χ0v) is 13.6. The second-order valence-corrected chi connectivity index (χ2v) is 5.12. The van der Waals surface area contributed by atoms with Crippen LogP contribution in [0.1, 0.15) is 5.56 Å². The van der Waals surface area contributed by atoms with Gasteiger partial charge in [0.2, 0.25) is 0 Å². The van der Waals surface area contributed by atoms with Crippen molar-refractivity contribution in [3.63, 3.8) is 0 Å². The first-order valence-electron chi connectivity index (χ1n) is 6.99. The zero-order chi connectivity index (χ0) is 12.9. The topological polar surface area (TPSA) is 15.3 Å². The molecule has 0 amide bonds. The number of benzene rings is 2. The summed E-state index contributed by atoms with van der Waals surface area (Å²) in [6, 6.07) is 22.0. The summed E-state index contributed by atoms with van der Waals surface area (Å²) >= 11 is 0. The third kappa shape index (κ3) is 4.92. The maximum absolute atomic E-state index is 3.63. The molecule has 0 radical (unpaired) electrons. The molecule has 1 aliphatic rings. The average Bonchev–Trinajstić information content (AvgIpc) is 2.49. The van der Waals surface area contributed by atoms with E-state index in [4.69, 9.17) is 0 Å². The number of piperazine rings is 1. The van der Waals surface area contributed by atoms with Crippen molar-refractivity contribution in [2.45, 2.75) is 12.5 Å². The summed E-state index contributed by atoms with van der Waals surface area (Å²) in [6.07, 6.45) is 1.10. The Morgan fingerprint density at radius 2 is 1.52 bits per heavy atom. The van der Waals surface area contributed by atoms with E-state index in [0.29, 0.717) is 6.04 Å². The van der Waals surface area contributed by atoms with Gasteiger partial charge in [-0.3, -0.25) is 0 Å². The van der Waals surface area contributed by atoms with Crippen LogP contribution < -0.4 is 10.2 Å². The largest absolute Gasteiger partial charge is 0.369 e. The molecule has 114 valence electrons. The molecule has 1 saturated heterocycles. The van der Waals surface area contributed by atoms with Gasteiger partial charge in [0.25, 0.3) is 0 Å². The molecule has 1 aliphatic heterocycles. The van der Waals surface area contributed by atoms with Crippen molar-refractivity contribution < 1.29 is 0 Å². The second-order valence-electron chi connectivity index (χ2n) is 5.12. The molecule has 1 atom stereocenters. The summed E-state index contributed by atoms with van der Waals surface area (Å²) in [7, 11) is 0. The van der Waals surface area contributed by atoms with Gasteiger partial charge in [-0.1, -0.05) is 48.5 Å². The van der Waals surface area contributed by atoms with Gasteiger partial charge >= 0.3 is 0 Å². The lowest BCUT2D eigenvalue weighted by Crippen LogP contribution is -2.51.